The molecule has 0 aliphatic carbocycles. The molecule has 1 aromatic heterocycles. The molecule has 74 valence electrons. The Kier molecular flexibility index (Phi) is 2.87. The molecule has 0 saturated carbocycles. The normalized spacial score (nSPS) is 12.0. The fraction of sp³-hybridized carbons (Fsp3) is 0.750. The van der Waals surface area contributed by atoms with Gasteiger partial charge in [-0.15, -0.1) is 0 Å². The fourth-order valence-corrected chi connectivity index (χ4v) is 1.32. The lowest BCUT2D eigenvalue weighted by Crippen LogP contribution is -2.17. The van der Waals surface area contributed by atoms with Crippen LogP contribution in [0.2, 0.25) is 0 Å². The SMILES string of the molecule is CC(C)(C)Cn1c(CO)n[nH]c1=S. The molecule has 5 heteroatoms. The quantitative estimate of drug-likeness (QED) is 0.713. The molecule has 0 unspecified atom stereocenters. The Balaban J connectivity index is 2.99. The van der Waals surface area contributed by atoms with Gasteiger partial charge < -0.3 is 9.67 Å². The summed E-state index contributed by atoms with van der Waals surface area (Å²) in [6.07, 6.45) is 0. The number of H-pyrrole nitrogens is 1. The van der Waals surface area contributed by atoms with Crippen molar-refractivity contribution in [3.63, 3.8) is 0 Å². The average Bonchev–Trinajstić information content (AvgIpc) is 2.30. The number of aromatic amines is 1. The minimum atomic E-state index is -0.0801. The highest BCUT2D eigenvalue weighted by Gasteiger charge is 2.14. The zero-order valence-corrected chi connectivity index (χ0v) is 8.98. The van der Waals surface area contributed by atoms with Gasteiger partial charge in [-0.1, -0.05) is 20.8 Å². The van der Waals surface area contributed by atoms with Gasteiger partial charge in [0.1, 0.15) is 6.61 Å². The Hall–Kier alpha value is -0.680. The van der Waals surface area contributed by atoms with E-state index in [1.807, 2.05) is 4.57 Å². The molecule has 0 aliphatic rings. The second-order valence-electron chi connectivity index (χ2n) is 4.25. The summed E-state index contributed by atoms with van der Waals surface area (Å²) in [5.41, 5.74) is 0.131. The predicted molar refractivity (Wildman–Crippen MR) is 52.8 cm³/mol. The van der Waals surface area contributed by atoms with E-state index in [1.54, 1.807) is 0 Å². The van der Waals surface area contributed by atoms with E-state index in [2.05, 4.69) is 31.0 Å². The zero-order valence-electron chi connectivity index (χ0n) is 8.16. The molecule has 0 fully saturated rings. The third-order valence-electron chi connectivity index (χ3n) is 1.61. The first-order valence-corrected chi connectivity index (χ1v) is 4.60. The molecule has 0 spiro atoms. The molecule has 1 rings (SSSR count). The van der Waals surface area contributed by atoms with Crippen LogP contribution in [0, 0.1) is 10.2 Å². The highest BCUT2D eigenvalue weighted by atomic mass is 32.1. The van der Waals surface area contributed by atoms with Crippen LogP contribution in [-0.4, -0.2) is 19.9 Å². The van der Waals surface area contributed by atoms with Crippen LogP contribution in [-0.2, 0) is 13.2 Å². The van der Waals surface area contributed by atoms with Crippen LogP contribution in [0.1, 0.15) is 26.6 Å². The van der Waals surface area contributed by atoms with Crippen molar-refractivity contribution in [2.45, 2.75) is 33.9 Å². The molecule has 0 aliphatic heterocycles. The summed E-state index contributed by atoms with van der Waals surface area (Å²) in [5, 5.41) is 15.6. The Labute approximate surface area is 82.6 Å². The molecule has 0 aromatic carbocycles. The Morgan fingerprint density at radius 1 is 1.54 bits per heavy atom. The number of nitrogens with zero attached hydrogens (tertiary/aromatic N) is 2. The highest BCUT2D eigenvalue weighted by Crippen LogP contribution is 2.17. The van der Waals surface area contributed by atoms with Crippen molar-refractivity contribution in [2.24, 2.45) is 5.41 Å². The van der Waals surface area contributed by atoms with Crippen molar-refractivity contribution in [3.05, 3.63) is 10.6 Å². The summed E-state index contributed by atoms with van der Waals surface area (Å²) in [6.45, 7) is 7.02. The van der Waals surface area contributed by atoms with Crippen molar-refractivity contribution < 1.29 is 5.11 Å². The minimum absolute atomic E-state index is 0.0801. The third kappa shape index (κ3) is 2.63. The van der Waals surface area contributed by atoms with E-state index in [1.165, 1.54) is 0 Å². The lowest BCUT2D eigenvalue weighted by atomic mass is 9.97. The van der Waals surface area contributed by atoms with Crippen LogP contribution >= 0.6 is 12.2 Å². The van der Waals surface area contributed by atoms with Crippen molar-refractivity contribution >= 4 is 12.2 Å². The molecule has 1 heterocycles. The van der Waals surface area contributed by atoms with Crippen molar-refractivity contribution in [2.75, 3.05) is 0 Å². The third-order valence-corrected chi connectivity index (χ3v) is 1.92. The molecule has 0 saturated heterocycles. The van der Waals surface area contributed by atoms with Gasteiger partial charge in [0, 0.05) is 6.54 Å². The topological polar surface area (TPSA) is 53.8 Å². The van der Waals surface area contributed by atoms with Crippen LogP contribution in [0.3, 0.4) is 0 Å². The van der Waals surface area contributed by atoms with Gasteiger partial charge in [-0.2, -0.15) is 5.10 Å². The van der Waals surface area contributed by atoms with Crippen molar-refractivity contribution in [1.29, 1.82) is 0 Å². The van der Waals surface area contributed by atoms with E-state index in [9.17, 15) is 0 Å². The smallest absolute Gasteiger partial charge is 0.195 e. The molecular formula is C8H15N3OS. The number of aromatic nitrogens is 3. The Morgan fingerprint density at radius 2 is 2.15 bits per heavy atom. The molecule has 4 nitrogen and oxygen atoms in total. The number of rotatable bonds is 2. The van der Waals surface area contributed by atoms with E-state index < -0.39 is 0 Å². The molecule has 13 heavy (non-hydrogen) atoms. The maximum atomic E-state index is 8.98. The lowest BCUT2D eigenvalue weighted by Gasteiger charge is -2.19. The standard InChI is InChI=1S/C8H15N3OS/c1-8(2,3)5-11-6(4-12)9-10-7(11)13/h12H,4-5H2,1-3H3,(H,10,13). The molecule has 0 atom stereocenters. The Bertz CT molecular complexity index is 334. The van der Waals surface area contributed by atoms with Crippen LogP contribution in [0.5, 0.6) is 0 Å². The van der Waals surface area contributed by atoms with Crippen LogP contribution in [0.15, 0.2) is 0 Å². The molecule has 2 N–H and O–H groups in total. The van der Waals surface area contributed by atoms with Crippen molar-refractivity contribution in [1.82, 2.24) is 14.8 Å². The van der Waals surface area contributed by atoms with Gasteiger partial charge in [-0.3, -0.25) is 5.10 Å². The molecule has 0 bridgehead atoms. The average molecular weight is 201 g/mol. The van der Waals surface area contributed by atoms with Gasteiger partial charge in [-0.25, -0.2) is 0 Å². The minimum Gasteiger partial charge on any atom is -0.388 e. The number of nitrogens with one attached hydrogen (secondary N) is 1. The number of hydrogen-bond acceptors (Lipinski definition) is 3. The van der Waals surface area contributed by atoms with Gasteiger partial charge >= 0.3 is 0 Å². The maximum Gasteiger partial charge on any atom is 0.195 e. The van der Waals surface area contributed by atoms with E-state index in [-0.39, 0.29) is 12.0 Å². The largest absolute Gasteiger partial charge is 0.388 e. The van der Waals surface area contributed by atoms with Crippen LogP contribution in [0.4, 0.5) is 0 Å². The van der Waals surface area contributed by atoms with E-state index >= 15 is 0 Å². The molecule has 1 aromatic rings. The number of aliphatic hydroxyl groups excluding tert-OH is 1. The first-order chi connectivity index (χ1) is 5.94. The van der Waals surface area contributed by atoms with Gasteiger partial charge in [0.15, 0.2) is 10.6 Å². The van der Waals surface area contributed by atoms with E-state index in [0.29, 0.717) is 10.6 Å². The first-order valence-electron chi connectivity index (χ1n) is 4.19. The zero-order chi connectivity index (χ0) is 10.1. The van der Waals surface area contributed by atoms with Gasteiger partial charge in [0.25, 0.3) is 0 Å². The van der Waals surface area contributed by atoms with E-state index in [4.69, 9.17) is 17.3 Å². The van der Waals surface area contributed by atoms with Gasteiger partial charge in [-0.05, 0) is 17.6 Å². The second-order valence-corrected chi connectivity index (χ2v) is 4.64. The summed E-state index contributed by atoms with van der Waals surface area (Å²) in [5.74, 6) is 0.597. The summed E-state index contributed by atoms with van der Waals surface area (Å²) in [4.78, 5) is 0. The molecule has 0 radical (unpaired) electrons. The predicted octanol–water partition coefficient (Wildman–Crippen LogP) is 1.48. The monoisotopic (exact) mass is 201 g/mol. The lowest BCUT2D eigenvalue weighted by molar-refractivity contribution is 0.252. The second kappa shape index (κ2) is 3.59. The molecule has 0 amide bonds. The fourth-order valence-electron chi connectivity index (χ4n) is 1.11. The first kappa shape index (κ1) is 10.4. The summed E-state index contributed by atoms with van der Waals surface area (Å²) < 4.78 is 2.40. The highest BCUT2D eigenvalue weighted by molar-refractivity contribution is 7.71. The van der Waals surface area contributed by atoms with Crippen LogP contribution < -0.4 is 0 Å². The molecular weight excluding hydrogens is 186 g/mol. The number of aliphatic hydroxyl groups is 1. The Morgan fingerprint density at radius 3 is 2.62 bits per heavy atom. The summed E-state index contributed by atoms with van der Waals surface area (Å²) in [7, 11) is 0. The van der Waals surface area contributed by atoms with Gasteiger partial charge in [0.2, 0.25) is 0 Å². The number of hydrogen-bond donors (Lipinski definition) is 2. The van der Waals surface area contributed by atoms with E-state index in [0.717, 1.165) is 6.54 Å². The maximum absolute atomic E-state index is 8.98. The van der Waals surface area contributed by atoms with Crippen molar-refractivity contribution in [3.8, 4) is 0 Å². The summed E-state index contributed by atoms with van der Waals surface area (Å²) >= 11 is 5.04. The van der Waals surface area contributed by atoms with Crippen LogP contribution in [0.25, 0.3) is 0 Å². The summed E-state index contributed by atoms with van der Waals surface area (Å²) in [6, 6.07) is 0. The van der Waals surface area contributed by atoms with Gasteiger partial charge in [0.05, 0.1) is 0 Å².